The Morgan fingerprint density at radius 3 is 2.67 bits per heavy atom. The number of aromatic nitrogens is 2. The molecule has 1 heterocycles. The van der Waals surface area contributed by atoms with Crippen LogP contribution in [0.15, 0.2) is 22.7 Å². The predicted octanol–water partition coefficient (Wildman–Crippen LogP) is 4.96. The predicted molar refractivity (Wildman–Crippen MR) is 89.5 cm³/mol. The lowest BCUT2D eigenvalue weighted by atomic mass is 10.1. The van der Waals surface area contributed by atoms with Gasteiger partial charge in [0.1, 0.15) is 0 Å². The van der Waals surface area contributed by atoms with Crippen molar-refractivity contribution in [3.63, 3.8) is 0 Å². The minimum atomic E-state index is -0.0690. The highest BCUT2D eigenvalue weighted by molar-refractivity contribution is 9.10. The van der Waals surface area contributed by atoms with Gasteiger partial charge >= 0.3 is 0 Å². The zero-order valence-electron chi connectivity index (χ0n) is 11.8. The largest absolute Gasteiger partial charge is 0.294 e. The van der Waals surface area contributed by atoms with Crippen LogP contribution >= 0.6 is 39.1 Å². The number of carbonyl (C=O) groups is 1. The lowest BCUT2D eigenvalue weighted by molar-refractivity contribution is 0.0990. The number of benzene rings is 1. The molecule has 0 spiro atoms. The molecule has 0 amide bonds. The molecule has 2 rings (SSSR count). The van der Waals surface area contributed by atoms with E-state index in [0.29, 0.717) is 22.2 Å². The molecule has 21 heavy (non-hydrogen) atoms. The van der Waals surface area contributed by atoms with E-state index >= 15 is 0 Å². The topological polar surface area (TPSA) is 34.9 Å². The molecule has 0 N–H and O–H groups in total. The Hall–Kier alpha value is -0.840. The quantitative estimate of drug-likeness (QED) is 0.677. The number of halogens is 3. The lowest BCUT2D eigenvalue weighted by Crippen LogP contribution is -2.10. The molecule has 2 aromatic rings. The molecule has 0 bridgehead atoms. The zero-order chi connectivity index (χ0) is 15.6. The van der Waals surface area contributed by atoms with E-state index in [1.807, 2.05) is 18.5 Å². The summed E-state index contributed by atoms with van der Waals surface area (Å²) < 4.78 is 2.75. The molecular weight excluding hydrogens is 375 g/mol. The maximum absolute atomic E-state index is 12.5. The molecule has 112 valence electrons. The number of hydrogen-bond donors (Lipinski definition) is 0. The fourth-order valence-corrected chi connectivity index (χ4v) is 3.26. The first-order valence-corrected chi connectivity index (χ1v) is 8.25. The third-order valence-electron chi connectivity index (χ3n) is 3.27. The van der Waals surface area contributed by atoms with Crippen molar-refractivity contribution >= 4 is 44.9 Å². The van der Waals surface area contributed by atoms with Gasteiger partial charge in [-0.2, -0.15) is 5.10 Å². The van der Waals surface area contributed by atoms with Crippen molar-refractivity contribution < 1.29 is 4.79 Å². The Balaban J connectivity index is 2.36. The Kier molecular flexibility index (Phi) is 5.47. The molecule has 1 aromatic carbocycles. The van der Waals surface area contributed by atoms with E-state index in [-0.39, 0.29) is 12.2 Å². The average molecular weight is 390 g/mol. The summed E-state index contributed by atoms with van der Waals surface area (Å²) >= 11 is 15.6. The third kappa shape index (κ3) is 3.33. The van der Waals surface area contributed by atoms with Crippen molar-refractivity contribution in [2.24, 2.45) is 0 Å². The van der Waals surface area contributed by atoms with Gasteiger partial charge in [-0.05, 0) is 41.4 Å². The molecule has 1 aromatic heterocycles. The van der Waals surface area contributed by atoms with Gasteiger partial charge in [0.25, 0.3) is 0 Å². The van der Waals surface area contributed by atoms with Gasteiger partial charge in [0, 0.05) is 12.1 Å². The van der Waals surface area contributed by atoms with Gasteiger partial charge < -0.3 is 0 Å². The van der Waals surface area contributed by atoms with E-state index < -0.39 is 0 Å². The Morgan fingerprint density at radius 2 is 2.05 bits per heavy atom. The molecule has 0 saturated carbocycles. The van der Waals surface area contributed by atoms with E-state index in [4.69, 9.17) is 23.2 Å². The molecule has 0 saturated heterocycles. The molecule has 3 nitrogen and oxygen atoms in total. The second-order valence-corrected chi connectivity index (χ2v) is 6.16. The Morgan fingerprint density at radius 1 is 1.33 bits per heavy atom. The first-order chi connectivity index (χ1) is 9.99. The molecule has 0 aliphatic carbocycles. The SMILES string of the molecule is CCc1nn(CC)c(CC(=O)c2cccc(Cl)c2Cl)c1Br. The van der Waals surface area contributed by atoms with Crippen molar-refractivity contribution in [1.82, 2.24) is 9.78 Å². The first kappa shape index (κ1) is 16.5. The smallest absolute Gasteiger partial charge is 0.170 e. The van der Waals surface area contributed by atoms with Crippen molar-refractivity contribution in [3.8, 4) is 0 Å². The van der Waals surface area contributed by atoms with E-state index in [1.54, 1.807) is 18.2 Å². The van der Waals surface area contributed by atoms with Gasteiger partial charge in [-0.15, -0.1) is 0 Å². The zero-order valence-corrected chi connectivity index (χ0v) is 14.9. The number of aryl methyl sites for hydroxylation is 2. The minimum Gasteiger partial charge on any atom is -0.294 e. The number of nitrogens with zero attached hydrogens (tertiary/aromatic N) is 2. The van der Waals surface area contributed by atoms with E-state index in [9.17, 15) is 4.79 Å². The van der Waals surface area contributed by atoms with Gasteiger partial charge in [-0.1, -0.05) is 36.2 Å². The molecule has 0 atom stereocenters. The molecule has 6 heteroatoms. The summed E-state index contributed by atoms with van der Waals surface area (Å²) in [6.45, 7) is 4.75. The number of Topliss-reactive ketones (excluding diaryl/α,β-unsaturated/α-hetero) is 1. The van der Waals surface area contributed by atoms with Crippen molar-refractivity contribution in [1.29, 1.82) is 0 Å². The fourth-order valence-electron chi connectivity index (χ4n) is 2.15. The maximum Gasteiger partial charge on any atom is 0.170 e. The summed E-state index contributed by atoms with van der Waals surface area (Å²) in [4.78, 5) is 12.5. The number of carbonyl (C=O) groups excluding carboxylic acids is 1. The minimum absolute atomic E-state index is 0.0690. The van der Waals surface area contributed by atoms with Crippen molar-refractivity contribution in [2.75, 3.05) is 0 Å². The summed E-state index contributed by atoms with van der Waals surface area (Å²) in [5, 5.41) is 5.18. The van der Waals surface area contributed by atoms with E-state index in [2.05, 4.69) is 21.0 Å². The average Bonchev–Trinajstić information content (AvgIpc) is 2.78. The number of ketones is 1. The molecule has 0 radical (unpaired) electrons. The lowest BCUT2D eigenvalue weighted by Gasteiger charge is -2.07. The van der Waals surface area contributed by atoms with E-state index in [1.165, 1.54) is 0 Å². The van der Waals surface area contributed by atoms with Crippen molar-refractivity contribution in [2.45, 2.75) is 33.2 Å². The molecular formula is C15H15BrCl2N2O. The van der Waals surface area contributed by atoms with E-state index in [0.717, 1.165) is 22.3 Å². The second kappa shape index (κ2) is 6.95. The second-order valence-electron chi connectivity index (χ2n) is 4.58. The highest BCUT2D eigenvalue weighted by atomic mass is 79.9. The van der Waals surface area contributed by atoms with Crippen LogP contribution in [0.4, 0.5) is 0 Å². The number of rotatable bonds is 5. The van der Waals surface area contributed by atoms with Crippen LogP contribution in [0.25, 0.3) is 0 Å². The van der Waals surface area contributed by atoms with Gasteiger partial charge in [0.05, 0.1) is 32.3 Å². The maximum atomic E-state index is 12.5. The molecule has 0 unspecified atom stereocenters. The van der Waals surface area contributed by atoms with Gasteiger partial charge in [-0.25, -0.2) is 0 Å². The first-order valence-electron chi connectivity index (χ1n) is 6.70. The van der Waals surface area contributed by atoms with Crippen LogP contribution in [-0.4, -0.2) is 15.6 Å². The highest BCUT2D eigenvalue weighted by Crippen LogP contribution is 2.28. The molecule has 0 aliphatic rings. The van der Waals surface area contributed by atoms with Gasteiger partial charge in [0.2, 0.25) is 0 Å². The molecule has 0 aliphatic heterocycles. The monoisotopic (exact) mass is 388 g/mol. The number of hydrogen-bond acceptors (Lipinski definition) is 2. The van der Waals surface area contributed by atoms with Crippen LogP contribution in [0, 0.1) is 0 Å². The summed E-state index contributed by atoms with van der Waals surface area (Å²) in [5.74, 6) is -0.0690. The Bertz CT molecular complexity index is 683. The van der Waals surface area contributed by atoms with Crippen LogP contribution in [0.5, 0.6) is 0 Å². The van der Waals surface area contributed by atoms with Crippen LogP contribution in [0.1, 0.15) is 35.6 Å². The highest BCUT2D eigenvalue weighted by Gasteiger charge is 2.19. The van der Waals surface area contributed by atoms with Crippen LogP contribution in [-0.2, 0) is 19.4 Å². The summed E-state index contributed by atoms with van der Waals surface area (Å²) in [6.07, 6.45) is 1.05. The summed E-state index contributed by atoms with van der Waals surface area (Å²) in [7, 11) is 0. The third-order valence-corrected chi connectivity index (χ3v) is 5.01. The Labute approximate surface area is 142 Å². The van der Waals surface area contributed by atoms with Crippen LogP contribution in [0.2, 0.25) is 10.0 Å². The molecule has 0 fully saturated rings. The van der Waals surface area contributed by atoms with Crippen LogP contribution in [0.3, 0.4) is 0 Å². The summed E-state index contributed by atoms with van der Waals surface area (Å²) in [6, 6.07) is 5.09. The fraction of sp³-hybridized carbons (Fsp3) is 0.333. The van der Waals surface area contributed by atoms with Crippen molar-refractivity contribution in [3.05, 3.63) is 49.7 Å². The van der Waals surface area contributed by atoms with Gasteiger partial charge in [0.15, 0.2) is 5.78 Å². The van der Waals surface area contributed by atoms with Gasteiger partial charge in [-0.3, -0.25) is 9.48 Å². The normalized spacial score (nSPS) is 10.9. The van der Waals surface area contributed by atoms with Crippen LogP contribution < -0.4 is 0 Å². The summed E-state index contributed by atoms with van der Waals surface area (Å²) in [5.41, 5.74) is 2.27. The standard InChI is InChI=1S/C15H15BrCl2N2O/c1-3-11-14(16)12(20(4-2)19-11)8-13(21)9-6-5-7-10(17)15(9)18/h5-7H,3-4,8H2,1-2H3.